The van der Waals surface area contributed by atoms with E-state index in [1.165, 1.54) is 19.3 Å². The van der Waals surface area contributed by atoms with Crippen LogP contribution in [0.25, 0.3) is 0 Å². The second kappa shape index (κ2) is 8.84. The van der Waals surface area contributed by atoms with Gasteiger partial charge in [-0.25, -0.2) is 0 Å². The van der Waals surface area contributed by atoms with E-state index in [9.17, 15) is 5.11 Å². The molecule has 0 aliphatic carbocycles. The minimum Gasteiger partial charge on any atom is -0.392 e. The number of aliphatic hydroxyl groups excluding tert-OH is 1. The van der Waals surface area contributed by atoms with Crippen molar-refractivity contribution in [2.45, 2.75) is 51.6 Å². The molecular formula is C16H22O. The van der Waals surface area contributed by atoms with Crippen LogP contribution in [0, 0.1) is 11.8 Å². The second-order valence-electron chi connectivity index (χ2n) is 4.38. The summed E-state index contributed by atoms with van der Waals surface area (Å²) in [6.45, 7) is 2.20. The molecule has 1 atom stereocenters. The van der Waals surface area contributed by atoms with E-state index in [1.807, 2.05) is 30.3 Å². The van der Waals surface area contributed by atoms with Crippen LogP contribution in [0.1, 0.15) is 51.0 Å². The number of hydrogen-bond acceptors (Lipinski definition) is 1. The van der Waals surface area contributed by atoms with Crippen molar-refractivity contribution >= 4 is 0 Å². The zero-order valence-corrected chi connectivity index (χ0v) is 10.7. The number of benzene rings is 1. The molecule has 0 aliphatic heterocycles. The highest BCUT2D eigenvalue weighted by molar-refractivity contribution is 5.33. The van der Waals surface area contributed by atoms with Crippen LogP contribution in [0.4, 0.5) is 0 Å². The standard InChI is InChI=1S/C16H22O/c1-2-3-4-8-13-16(17)14-9-12-15-10-6-5-7-11-15/h5-7,10-11,16-17H,2-4,8,13-14H2,1H3. The average Bonchev–Trinajstić information content (AvgIpc) is 2.36. The van der Waals surface area contributed by atoms with Gasteiger partial charge < -0.3 is 5.11 Å². The fourth-order valence-corrected chi connectivity index (χ4v) is 1.70. The van der Waals surface area contributed by atoms with Crippen LogP contribution < -0.4 is 0 Å². The lowest BCUT2D eigenvalue weighted by Gasteiger charge is -2.05. The highest BCUT2D eigenvalue weighted by Crippen LogP contribution is 2.07. The Morgan fingerprint density at radius 2 is 1.88 bits per heavy atom. The molecule has 92 valence electrons. The van der Waals surface area contributed by atoms with Crippen molar-refractivity contribution in [1.82, 2.24) is 0 Å². The van der Waals surface area contributed by atoms with E-state index in [2.05, 4.69) is 18.8 Å². The van der Waals surface area contributed by atoms with Gasteiger partial charge in [0, 0.05) is 12.0 Å². The van der Waals surface area contributed by atoms with E-state index in [-0.39, 0.29) is 6.10 Å². The van der Waals surface area contributed by atoms with Crippen molar-refractivity contribution in [3.8, 4) is 11.8 Å². The van der Waals surface area contributed by atoms with Crippen LogP contribution in [0.15, 0.2) is 30.3 Å². The van der Waals surface area contributed by atoms with Gasteiger partial charge in [-0.05, 0) is 18.6 Å². The molecule has 0 aliphatic rings. The Hall–Kier alpha value is -1.26. The minimum atomic E-state index is -0.261. The van der Waals surface area contributed by atoms with E-state index in [0.29, 0.717) is 6.42 Å². The third kappa shape index (κ3) is 6.81. The maximum Gasteiger partial charge on any atom is 0.0649 e. The van der Waals surface area contributed by atoms with Gasteiger partial charge in [-0.15, -0.1) is 0 Å². The molecule has 0 spiro atoms. The maximum absolute atomic E-state index is 9.72. The third-order valence-electron chi connectivity index (χ3n) is 2.74. The Bertz CT molecular complexity index is 345. The highest BCUT2D eigenvalue weighted by atomic mass is 16.3. The monoisotopic (exact) mass is 230 g/mol. The summed E-state index contributed by atoms with van der Waals surface area (Å²) in [6, 6.07) is 9.91. The smallest absolute Gasteiger partial charge is 0.0649 e. The molecule has 1 aromatic carbocycles. The van der Waals surface area contributed by atoms with Crippen molar-refractivity contribution in [1.29, 1.82) is 0 Å². The first-order valence-electron chi connectivity index (χ1n) is 6.55. The lowest BCUT2D eigenvalue weighted by molar-refractivity contribution is 0.166. The van der Waals surface area contributed by atoms with Crippen LogP contribution in [0.5, 0.6) is 0 Å². The number of unbranched alkanes of at least 4 members (excludes halogenated alkanes) is 3. The van der Waals surface area contributed by atoms with E-state index >= 15 is 0 Å². The van der Waals surface area contributed by atoms with Crippen molar-refractivity contribution in [3.63, 3.8) is 0 Å². The zero-order valence-electron chi connectivity index (χ0n) is 10.7. The summed E-state index contributed by atoms with van der Waals surface area (Å²) >= 11 is 0. The molecule has 1 unspecified atom stereocenters. The van der Waals surface area contributed by atoms with Crippen LogP contribution in [-0.2, 0) is 0 Å². The number of aliphatic hydroxyl groups is 1. The molecule has 1 aromatic rings. The quantitative estimate of drug-likeness (QED) is 0.583. The van der Waals surface area contributed by atoms with Crippen LogP contribution in [0.3, 0.4) is 0 Å². The molecular weight excluding hydrogens is 208 g/mol. The summed E-state index contributed by atoms with van der Waals surface area (Å²) in [7, 11) is 0. The van der Waals surface area contributed by atoms with Gasteiger partial charge in [0.25, 0.3) is 0 Å². The average molecular weight is 230 g/mol. The van der Waals surface area contributed by atoms with E-state index < -0.39 is 0 Å². The van der Waals surface area contributed by atoms with Gasteiger partial charge in [-0.2, -0.15) is 0 Å². The Kier molecular flexibility index (Phi) is 7.18. The molecule has 1 N–H and O–H groups in total. The third-order valence-corrected chi connectivity index (χ3v) is 2.74. The molecule has 0 heterocycles. The summed E-state index contributed by atoms with van der Waals surface area (Å²) < 4.78 is 0. The van der Waals surface area contributed by atoms with Gasteiger partial charge in [0.05, 0.1) is 6.10 Å². The summed E-state index contributed by atoms with van der Waals surface area (Å²) in [6.07, 6.45) is 6.04. The minimum absolute atomic E-state index is 0.261. The van der Waals surface area contributed by atoms with Crippen LogP contribution in [0.2, 0.25) is 0 Å². The van der Waals surface area contributed by atoms with E-state index in [0.717, 1.165) is 18.4 Å². The molecule has 17 heavy (non-hydrogen) atoms. The molecule has 1 heteroatoms. The molecule has 0 radical (unpaired) electrons. The Balaban J connectivity index is 2.19. The predicted octanol–water partition coefficient (Wildman–Crippen LogP) is 3.76. The van der Waals surface area contributed by atoms with Gasteiger partial charge in [0.2, 0.25) is 0 Å². The molecule has 0 aromatic heterocycles. The fraction of sp³-hybridized carbons (Fsp3) is 0.500. The number of rotatable bonds is 6. The Morgan fingerprint density at radius 3 is 2.59 bits per heavy atom. The molecule has 1 nitrogen and oxygen atoms in total. The van der Waals surface area contributed by atoms with Crippen molar-refractivity contribution in [2.75, 3.05) is 0 Å². The summed E-state index contributed by atoms with van der Waals surface area (Å²) in [5, 5.41) is 9.72. The normalized spacial score (nSPS) is 11.6. The number of hydrogen-bond donors (Lipinski definition) is 1. The summed E-state index contributed by atoms with van der Waals surface area (Å²) in [5.74, 6) is 6.11. The maximum atomic E-state index is 9.72. The molecule has 0 saturated carbocycles. The molecule has 0 saturated heterocycles. The second-order valence-corrected chi connectivity index (χ2v) is 4.38. The Morgan fingerprint density at radius 1 is 1.12 bits per heavy atom. The van der Waals surface area contributed by atoms with Crippen molar-refractivity contribution in [3.05, 3.63) is 35.9 Å². The molecule has 0 amide bonds. The van der Waals surface area contributed by atoms with Crippen molar-refractivity contribution in [2.24, 2.45) is 0 Å². The van der Waals surface area contributed by atoms with Gasteiger partial charge in [0.15, 0.2) is 0 Å². The van der Waals surface area contributed by atoms with Crippen LogP contribution >= 0.6 is 0 Å². The van der Waals surface area contributed by atoms with Gasteiger partial charge in [-0.3, -0.25) is 0 Å². The lowest BCUT2D eigenvalue weighted by atomic mass is 10.1. The summed E-state index contributed by atoms with van der Waals surface area (Å²) in [4.78, 5) is 0. The van der Waals surface area contributed by atoms with Crippen LogP contribution in [-0.4, -0.2) is 11.2 Å². The first-order chi connectivity index (χ1) is 8.33. The lowest BCUT2D eigenvalue weighted by Crippen LogP contribution is -2.04. The fourth-order valence-electron chi connectivity index (χ4n) is 1.70. The largest absolute Gasteiger partial charge is 0.392 e. The van der Waals surface area contributed by atoms with Crippen molar-refractivity contribution < 1.29 is 5.11 Å². The topological polar surface area (TPSA) is 20.2 Å². The zero-order chi connectivity index (χ0) is 12.3. The van der Waals surface area contributed by atoms with Gasteiger partial charge >= 0.3 is 0 Å². The first-order valence-corrected chi connectivity index (χ1v) is 6.55. The highest BCUT2D eigenvalue weighted by Gasteiger charge is 2.00. The molecule has 0 bridgehead atoms. The SMILES string of the molecule is CCCCCCC(O)CC#Cc1ccccc1. The molecule has 0 fully saturated rings. The Labute approximate surface area is 105 Å². The van der Waals surface area contributed by atoms with E-state index in [1.54, 1.807) is 0 Å². The van der Waals surface area contributed by atoms with Gasteiger partial charge in [-0.1, -0.05) is 62.6 Å². The summed E-state index contributed by atoms with van der Waals surface area (Å²) in [5.41, 5.74) is 1.02. The predicted molar refractivity (Wildman–Crippen MR) is 72.7 cm³/mol. The molecule has 1 rings (SSSR count). The first kappa shape index (κ1) is 13.8. The van der Waals surface area contributed by atoms with Gasteiger partial charge in [0.1, 0.15) is 0 Å². The van der Waals surface area contributed by atoms with E-state index in [4.69, 9.17) is 0 Å².